The van der Waals surface area contributed by atoms with E-state index in [1.807, 2.05) is 38.1 Å². The highest BCUT2D eigenvalue weighted by atomic mass is 16.5. The normalized spacial score (nSPS) is 17.8. The highest BCUT2D eigenvalue weighted by Gasteiger charge is 2.36. The van der Waals surface area contributed by atoms with Crippen LogP contribution in [-0.4, -0.2) is 53.7 Å². The Hall–Kier alpha value is -3.03. The number of hydrogen-bond donors (Lipinski definition) is 2. The maximum atomic E-state index is 13.2. The van der Waals surface area contributed by atoms with Crippen LogP contribution in [0.4, 0.5) is 4.79 Å². The molecular weight excluding hydrogens is 372 g/mol. The van der Waals surface area contributed by atoms with Gasteiger partial charge >= 0.3 is 12.0 Å². The van der Waals surface area contributed by atoms with Gasteiger partial charge in [-0.1, -0.05) is 32.4 Å². The van der Waals surface area contributed by atoms with Gasteiger partial charge in [-0.25, -0.2) is 14.6 Å². The highest BCUT2D eigenvalue weighted by molar-refractivity contribution is 5.84. The van der Waals surface area contributed by atoms with E-state index in [0.29, 0.717) is 13.0 Å². The molecule has 0 saturated carbocycles. The average Bonchev–Trinajstić information content (AvgIpc) is 3.24. The van der Waals surface area contributed by atoms with E-state index >= 15 is 0 Å². The summed E-state index contributed by atoms with van der Waals surface area (Å²) in [6, 6.07) is 6.22. The molecule has 2 aromatic rings. The summed E-state index contributed by atoms with van der Waals surface area (Å²) in [6.45, 7) is 4.40. The van der Waals surface area contributed by atoms with Crippen LogP contribution in [0.1, 0.15) is 43.3 Å². The Labute approximate surface area is 170 Å². The quantitative estimate of drug-likeness (QED) is 0.727. The summed E-state index contributed by atoms with van der Waals surface area (Å²) in [4.78, 5) is 34.8. The molecule has 1 aliphatic heterocycles. The molecule has 3 atom stereocenters. The molecule has 0 bridgehead atoms. The van der Waals surface area contributed by atoms with Crippen LogP contribution in [-0.2, 0) is 16.0 Å². The second-order valence-corrected chi connectivity index (χ2v) is 7.22. The number of aromatic amines is 1. The summed E-state index contributed by atoms with van der Waals surface area (Å²) in [5.41, 5.74) is 2.75. The number of carbonyl (C=O) groups excluding carboxylic acids is 2. The fourth-order valence-corrected chi connectivity index (χ4v) is 3.63. The van der Waals surface area contributed by atoms with Crippen molar-refractivity contribution in [2.75, 3.05) is 20.8 Å². The second kappa shape index (κ2) is 8.98. The number of hydrogen-bond acceptors (Lipinski definition) is 5. The lowest BCUT2D eigenvalue weighted by atomic mass is 9.95. The van der Waals surface area contributed by atoms with Crippen molar-refractivity contribution >= 4 is 12.0 Å². The van der Waals surface area contributed by atoms with Crippen LogP contribution in [0.15, 0.2) is 30.6 Å². The number of esters is 1. The minimum Gasteiger partial charge on any atom is -0.497 e. The number of benzene rings is 1. The number of aromatic nitrogens is 2. The van der Waals surface area contributed by atoms with Crippen molar-refractivity contribution in [3.63, 3.8) is 0 Å². The Bertz CT molecular complexity index is 849. The summed E-state index contributed by atoms with van der Waals surface area (Å²) in [6.07, 6.45) is 3.06. The maximum absolute atomic E-state index is 13.2. The maximum Gasteiger partial charge on any atom is 0.328 e. The summed E-state index contributed by atoms with van der Waals surface area (Å²) in [5.74, 6) is 0.257. The molecule has 156 valence electrons. The molecule has 1 aliphatic rings. The zero-order valence-electron chi connectivity index (χ0n) is 17.3. The third-order valence-electron chi connectivity index (χ3n) is 5.56. The van der Waals surface area contributed by atoms with Crippen molar-refractivity contribution in [3.05, 3.63) is 47.5 Å². The first-order valence-corrected chi connectivity index (χ1v) is 9.81. The zero-order valence-corrected chi connectivity index (χ0v) is 17.3. The predicted molar refractivity (Wildman–Crippen MR) is 108 cm³/mol. The average molecular weight is 400 g/mol. The van der Waals surface area contributed by atoms with E-state index in [1.54, 1.807) is 18.3 Å². The molecule has 2 amide bonds. The first-order valence-electron chi connectivity index (χ1n) is 9.81. The monoisotopic (exact) mass is 400 g/mol. The molecule has 0 spiro atoms. The van der Waals surface area contributed by atoms with Crippen LogP contribution >= 0.6 is 0 Å². The number of H-pyrrole nitrogens is 1. The van der Waals surface area contributed by atoms with Crippen molar-refractivity contribution in [3.8, 4) is 5.75 Å². The number of nitrogens with one attached hydrogen (secondary N) is 2. The van der Waals surface area contributed by atoms with Crippen LogP contribution in [0.3, 0.4) is 0 Å². The zero-order chi connectivity index (χ0) is 21.0. The molecule has 0 radical (unpaired) electrons. The Kier molecular flexibility index (Phi) is 6.41. The van der Waals surface area contributed by atoms with E-state index in [1.165, 1.54) is 7.11 Å². The summed E-state index contributed by atoms with van der Waals surface area (Å²) in [7, 11) is 2.95. The van der Waals surface area contributed by atoms with Crippen LogP contribution in [0, 0.1) is 5.92 Å². The van der Waals surface area contributed by atoms with Gasteiger partial charge in [0, 0.05) is 18.7 Å². The number of amides is 2. The molecule has 2 heterocycles. The van der Waals surface area contributed by atoms with E-state index < -0.39 is 12.0 Å². The van der Waals surface area contributed by atoms with E-state index in [-0.39, 0.29) is 18.0 Å². The number of rotatable bonds is 6. The Morgan fingerprint density at radius 1 is 1.31 bits per heavy atom. The van der Waals surface area contributed by atoms with Crippen LogP contribution in [0.2, 0.25) is 0 Å². The topological polar surface area (TPSA) is 96.5 Å². The van der Waals surface area contributed by atoms with Crippen LogP contribution in [0.5, 0.6) is 5.75 Å². The van der Waals surface area contributed by atoms with Gasteiger partial charge in [0.1, 0.15) is 17.8 Å². The molecule has 8 heteroatoms. The third kappa shape index (κ3) is 4.21. The molecule has 1 aromatic carbocycles. The van der Waals surface area contributed by atoms with Crippen molar-refractivity contribution in [1.82, 2.24) is 20.2 Å². The standard InChI is InChI=1S/C21H28N4O4/c1-5-13(2)17(20(26)29-4)24-21(27)25-11-10-16-18(23-12-22-16)19(25)14-6-8-15(28-3)9-7-14/h6-9,12-13,17,19H,5,10-11H2,1-4H3,(H,22,23)(H,24,27)/t13-,17+,19+/m0/s1. The van der Waals surface area contributed by atoms with Gasteiger partial charge in [-0.05, 0) is 23.6 Å². The van der Waals surface area contributed by atoms with Gasteiger partial charge < -0.3 is 24.7 Å². The fraction of sp³-hybridized carbons (Fsp3) is 0.476. The molecule has 2 N–H and O–H groups in total. The lowest BCUT2D eigenvalue weighted by molar-refractivity contribution is -0.144. The Morgan fingerprint density at radius 2 is 2.03 bits per heavy atom. The van der Waals surface area contributed by atoms with Crippen molar-refractivity contribution in [2.24, 2.45) is 5.92 Å². The first kappa shape index (κ1) is 20.7. The molecule has 1 aromatic heterocycles. The first-order chi connectivity index (χ1) is 14.0. The second-order valence-electron chi connectivity index (χ2n) is 7.22. The SMILES string of the molecule is CC[C@H](C)[C@@H](NC(=O)N1CCc2[nH]cnc2[C@H]1c1ccc(OC)cc1)C(=O)OC. The number of ether oxygens (including phenoxy) is 2. The minimum atomic E-state index is -0.699. The van der Waals surface area contributed by atoms with Crippen molar-refractivity contribution in [1.29, 1.82) is 0 Å². The number of urea groups is 1. The van der Waals surface area contributed by atoms with Crippen LogP contribution in [0.25, 0.3) is 0 Å². The Morgan fingerprint density at radius 3 is 2.66 bits per heavy atom. The molecule has 0 saturated heterocycles. The van der Waals surface area contributed by atoms with Gasteiger partial charge in [0.15, 0.2) is 0 Å². The van der Waals surface area contributed by atoms with E-state index in [0.717, 1.165) is 29.1 Å². The number of fused-ring (bicyclic) bond motifs is 1. The lowest BCUT2D eigenvalue weighted by Crippen LogP contribution is -2.53. The van der Waals surface area contributed by atoms with Gasteiger partial charge in [0.2, 0.25) is 0 Å². The van der Waals surface area contributed by atoms with Crippen LogP contribution < -0.4 is 10.1 Å². The number of nitrogens with zero attached hydrogens (tertiary/aromatic N) is 2. The summed E-state index contributed by atoms with van der Waals surface area (Å²) in [5, 5.41) is 2.88. The summed E-state index contributed by atoms with van der Waals surface area (Å²) >= 11 is 0. The largest absolute Gasteiger partial charge is 0.497 e. The minimum absolute atomic E-state index is 0.0448. The third-order valence-corrected chi connectivity index (χ3v) is 5.56. The van der Waals surface area contributed by atoms with Gasteiger partial charge in [-0.2, -0.15) is 0 Å². The number of methoxy groups -OCH3 is 2. The molecule has 0 fully saturated rings. The van der Waals surface area contributed by atoms with Gasteiger partial charge in [-0.3, -0.25) is 0 Å². The van der Waals surface area contributed by atoms with Gasteiger partial charge in [0.25, 0.3) is 0 Å². The molecule has 29 heavy (non-hydrogen) atoms. The highest BCUT2D eigenvalue weighted by Crippen LogP contribution is 2.34. The van der Waals surface area contributed by atoms with Crippen molar-refractivity contribution in [2.45, 2.75) is 38.8 Å². The Balaban J connectivity index is 1.91. The fourth-order valence-electron chi connectivity index (χ4n) is 3.63. The number of carbonyl (C=O) groups is 2. The summed E-state index contributed by atoms with van der Waals surface area (Å²) < 4.78 is 10.2. The van der Waals surface area contributed by atoms with E-state index in [4.69, 9.17) is 9.47 Å². The smallest absolute Gasteiger partial charge is 0.328 e. The van der Waals surface area contributed by atoms with Crippen molar-refractivity contribution < 1.29 is 19.1 Å². The van der Waals surface area contributed by atoms with E-state index in [9.17, 15) is 9.59 Å². The molecule has 0 unspecified atom stereocenters. The molecule has 8 nitrogen and oxygen atoms in total. The molecule has 0 aliphatic carbocycles. The predicted octanol–water partition coefficient (Wildman–Crippen LogP) is 2.66. The van der Waals surface area contributed by atoms with Gasteiger partial charge in [-0.15, -0.1) is 0 Å². The molecular formula is C21H28N4O4. The lowest BCUT2D eigenvalue weighted by Gasteiger charge is -2.36. The van der Waals surface area contributed by atoms with E-state index in [2.05, 4.69) is 15.3 Å². The van der Waals surface area contributed by atoms with Gasteiger partial charge in [0.05, 0.1) is 26.2 Å². The number of imidazole rings is 1. The molecule has 3 rings (SSSR count).